The smallest absolute Gasteiger partial charge is 0.310 e. The van der Waals surface area contributed by atoms with Crippen molar-refractivity contribution < 1.29 is 28.6 Å². The van der Waals surface area contributed by atoms with Crippen LogP contribution in [0.2, 0.25) is 0 Å². The van der Waals surface area contributed by atoms with E-state index in [4.69, 9.17) is 14.2 Å². The largest absolute Gasteiger partial charge is 0.462 e. The van der Waals surface area contributed by atoms with Crippen molar-refractivity contribution in [2.45, 2.75) is 252 Å². The van der Waals surface area contributed by atoms with Crippen molar-refractivity contribution >= 4 is 17.9 Å². The third kappa shape index (κ3) is 56.5. The van der Waals surface area contributed by atoms with Gasteiger partial charge >= 0.3 is 17.9 Å². The lowest BCUT2D eigenvalue weighted by molar-refractivity contribution is -0.166. The van der Waals surface area contributed by atoms with E-state index in [9.17, 15) is 14.4 Å². The van der Waals surface area contributed by atoms with Gasteiger partial charge in [0.25, 0.3) is 0 Å². The fraction of sp³-hybridized carbons (Fsp3) is 0.621. The van der Waals surface area contributed by atoms with Crippen molar-refractivity contribution in [1.82, 2.24) is 0 Å². The molecule has 0 N–H and O–H groups in total. The molecule has 0 aliphatic heterocycles. The summed E-state index contributed by atoms with van der Waals surface area (Å²) < 4.78 is 16.7. The van der Waals surface area contributed by atoms with Crippen LogP contribution in [0.25, 0.3) is 0 Å². The molecule has 0 saturated carbocycles. The molecule has 6 heteroatoms. The van der Waals surface area contributed by atoms with Gasteiger partial charge in [0.15, 0.2) is 6.10 Å². The Morgan fingerprint density at radius 2 is 0.583 bits per heavy atom. The fourth-order valence-corrected chi connectivity index (χ4v) is 7.64. The Labute approximate surface area is 443 Å². The third-order valence-corrected chi connectivity index (χ3v) is 11.9. The Balaban J connectivity index is 4.31. The summed E-state index contributed by atoms with van der Waals surface area (Å²) >= 11 is 0. The maximum atomic E-state index is 12.8. The van der Waals surface area contributed by atoms with Crippen LogP contribution in [0.5, 0.6) is 0 Å². The molecule has 0 fully saturated rings. The standard InChI is InChI=1S/C66H106O6/c1-4-7-10-13-16-19-22-24-26-27-28-29-30-31-32-33-34-35-36-37-38-39-41-42-44-47-50-53-56-59-65(68)71-62-63(61-70-64(67)58-55-52-49-46-21-18-15-12-9-6-3)72-66(69)60-57-54-51-48-45-43-40-25-23-20-17-14-11-8-5-2/h7-8,10-11,16-17,19-20,24-26,28-29,31-32,34-35,40,45,48,54,57,63H,4-6,9,12-15,18,21-23,27,30,33,36-39,41-44,46-47,49-53,55-56,58-62H2,1-3H3/b10-7-,11-8-,19-16-,20-17-,26-24-,29-28-,32-31-,35-34-,40-25-,48-45-,57-54-. The first-order chi connectivity index (χ1) is 35.5. The summed E-state index contributed by atoms with van der Waals surface area (Å²) in [5, 5.41) is 0. The Kier molecular flexibility index (Phi) is 55.5. The molecule has 6 nitrogen and oxygen atoms in total. The van der Waals surface area contributed by atoms with Gasteiger partial charge in [0.05, 0.1) is 6.42 Å². The highest BCUT2D eigenvalue weighted by Crippen LogP contribution is 2.14. The molecule has 0 saturated heterocycles. The maximum absolute atomic E-state index is 12.8. The minimum Gasteiger partial charge on any atom is -0.462 e. The van der Waals surface area contributed by atoms with E-state index in [-0.39, 0.29) is 31.6 Å². The van der Waals surface area contributed by atoms with Crippen LogP contribution in [-0.4, -0.2) is 37.2 Å². The van der Waals surface area contributed by atoms with Crippen LogP contribution in [0.3, 0.4) is 0 Å². The van der Waals surface area contributed by atoms with Crippen LogP contribution in [0.4, 0.5) is 0 Å². The van der Waals surface area contributed by atoms with Gasteiger partial charge in [-0.2, -0.15) is 0 Å². The molecule has 0 aliphatic rings. The number of rotatable bonds is 51. The second-order valence-electron chi connectivity index (χ2n) is 18.8. The van der Waals surface area contributed by atoms with Crippen molar-refractivity contribution in [2.24, 2.45) is 0 Å². The quantitative estimate of drug-likeness (QED) is 0.0261. The molecular weight excluding hydrogens is 889 g/mol. The van der Waals surface area contributed by atoms with E-state index in [0.29, 0.717) is 12.8 Å². The zero-order chi connectivity index (χ0) is 52.2. The van der Waals surface area contributed by atoms with E-state index in [1.54, 1.807) is 6.08 Å². The van der Waals surface area contributed by atoms with E-state index in [1.165, 1.54) is 89.9 Å². The summed E-state index contributed by atoms with van der Waals surface area (Å²) in [6.45, 7) is 6.30. The predicted octanol–water partition coefficient (Wildman–Crippen LogP) is 19.8. The van der Waals surface area contributed by atoms with E-state index in [0.717, 1.165) is 116 Å². The van der Waals surface area contributed by atoms with Crippen molar-refractivity contribution in [3.8, 4) is 0 Å². The van der Waals surface area contributed by atoms with Crippen LogP contribution in [0.1, 0.15) is 245 Å². The van der Waals surface area contributed by atoms with Gasteiger partial charge in [-0.3, -0.25) is 14.4 Å². The molecule has 0 heterocycles. The molecule has 1 unspecified atom stereocenters. The number of allylic oxidation sites excluding steroid dienone is 21. The topological polar surface area (TPSA) is 78.9 Å². The lowest BCUT2D eigenvalue weighted by atomic mass is 10.1. The first kappa shape index (κ1) is 67.5. The van der Waals surface area contributed by atoms with Crippen LogP contribution >= 0.6 is 0 Å². The molecule has 0 aromatic heterocycles. The van der Waals surface area contributed by atoms with Gasteiger partial charge in [0.2, 0.25) is 0 Å². The van der Waals surface area contributed by atoms with E-state index in [1.807, 2.05) is 6.08 Å². The summed E-state index contributed by atoms with van der Waals surface area (Å²) in [5.41, 5.74) is 0. The van der Waals surface area contributed by atoms with Crippen molar-refractivity contribution in [3.63, 3.8) is 0 Å². The maximum Gasteiger partial charge on any atom is 0.310 e. The fourth-order valence-electron chi connectivity index (χ4n) is 7.64. The minimum absolute atomic E-state index is 0.0928. The van der Waals surface area contributed by atoms with Crippen LogP contribution in [0.15, 0.2) is 134 Å². The van der Waals surface area contributed by atoms with Crippen molar-refractivity contribution in [3.05, 3.63) is 134 Å². The predicted molar refractivity (Wildman–Crippen MR) is 311 cm³/mol. The number of hydrogen-bond acceptors (Lipinski definition) is 6. The number of hydrogen-bond donors (Lipinski definition) is 0. The van der Waals surface area contributed by atoms with Crippen LogP contribution < -0.4 is 0 Å². The number of esters is 3. The molecule has 0 aromatic rings. The number of ether oxygens (including phenoxy) is 3. The first-order valence-electron chi connectivity index (χ1n) is 29.2. The molecule has 0 amide bonds. The van der Waals surface area contributed by atoms with Gasteiger partial charge in [0, 0.05) is 12.8 Å². The number of carbonyl (C=O) groups excluding carboxylic acids is 3. The average molecular weight is 996 g/mol. The summed E-state index contributed by atoms with van der Waals surface area (Å²) in [5.74, 6) is -1.06. The Morgan fingerprint density at radius 3 is 0.917 bits per heavy atom. The molecular formula is C66H106O6. The highest BCUT2D eigenvalue weighted by atomic mass is 16.6. The Bertz CT molecular complexity index is 1560. The molecule has 0 aliphatic carbocycles. The summed E-state index contributed by atoms with van der Waals surface area (Å²) in [4.78, 5) is 38.0. The van der Waals surface area contributed by atoms with Gasteiger partial charge in [-0.1, -0.05) is 264 Å². The molecule has 72 heavy (non-hydrogen) atoms. The second kappa shape index (κ2) is 59.1. The highest BCUT2D eigenvalue weighted by molar-refractivity contribution is 5.72. The third-order valence-electron chi connectivity index (χ3n) is 11.9. The zero-order valence-electron chi connectivity index (χ0n) is 46.4. The van der Waals surface area contributed by atoms with Crippen LogP contribution in [-0.2, 0) is 28.6 Å². The van der Waals surface area contributed by atoms with E-state index < -0.39 is 12.1 Å². The molecule has 0 rings (SSSR count). The first-order valence-corrected chi connectivity index (χ1v) is 29.2. The highest BCUT2D eigenvalue weighted by Gasteiger charge is 2.19. The Hall–Kier alpha value is -4.45. The SMILES string of the molecule is CC/C=C\C/C=C\C/C=C\C/C=C\C/C=C\C/C=C\CCCCCCCCCCCCC(=O)OCC(COC(=O)CCCCCCCCCCCC)OC(=O)C/C=C\C/C=C\C/C=C\C/C=C\C/C=C\CC. The normalized spacial score (nSPS) is 13.1. The molecule has 406 valence electrons. The van der Waals surface area contributed by atoms with Gasteiger partial charge in [-0.25, -0.2) is 0 Å². The van der Waals surface area contributed by atoms with E-state index >= 15 is 0 Å². The lowest BCUT2D eigenvalue weighted by Gasteiger charge is -2.18. The number of unbranched alkanes of at least 4 members (excludes halogenated alkanes) is 19. The average Bonchev–Trinajstić information content (AvgIpc) is 3.38. The minimum atomic E-state index is -0.836. The molecule has 0 spiro atoms. The molecule has 0 aromatic carbocycles. The molecule has 1 atom stereocenters. The van der Waals surface area contributed by atoms with Gasteiger partial charge in [-0.05, 0) is 96.3 Å². The summed E-state index contributed by atoms with van der Waals surface area (Å²) in [6, 6.07) is 0. The molecule has 0 bridgehead atoms. The Morgan fingerprint density at radius 1 is 0.306 bits per heavy atom. The van der Waals surface area contributed by atoms with Gasteiger partial charge < -0.3 is 14.2 Å². The monoisotopic (exact) mass is 995 g/mol. The van der Waals surface area contributed by atoms with Crippen molar-refractivity contribution in [1.29, 1.82) is 0 Å². The van der Waals surface area contributed by atoms with Crippen molar-refractivity contribution in [2.75, 3.05) is 13.2 Å². The second-order valence-corrected chi connectivity index (χ2v) is 18.8. The number of carbonyl (C=O) groups is 3. The summed E-state index contributed by atoms with van der Waals surface area (Å²) in [7, 11) is 0. The molecule has 0 radical (unpaired) electrons. The summed E-state index contributed by atoms with van der Waals surface area (Å²) in [6.07, 6.45) is 83.4. The van der Waals surface area contributed by atoms with Crippen LogP contribution in [0, 0.1) is 0 Å². The zero-order valence-corrected chi connectivity index (χ0v) is 46.4. The van der Waals surface area contributed by atoms with E-state index in [2.05, 4.69) is 142 Å². The lowest BCUT2D eigenvalue weighted by Crippen LogP contribution is -2.30. The van der Waals surface area contributed by atoms with Gasteiger partial charge in [0.1, 0.15) is 13.2 Å². The van der Waals surface area contributed by atoms with Gasteiger partial charge in [-0.15, -0.1) is 0 Å².